The number of halogens is 11. The number of aromatic nitrogens is 2. The highest BCUT2D eigenvalue weighted by Crippen LogP contribution is 2.53. The molecule has 4 nitrogen and oxygen atoms in total. The van der Waals surface area contributed by atoms with E-state index >= 15 is 0 Å². The summed E-state index contributed by atoms with van der Waals surface area (Å²) in [5, 5.41) is 2.66. The van der Waals surface area contributed by atoms with Crippen LogP contribution >= 0.6 is 0 Å². The minimum Gasteiger partial charge on any atom is -0.273 e. The van der Waals surface area contributed by atoms with Crippen LogP contribution < -0.4 is 0 Å². The normalized spacial score (nSPS) is 16.5. The van der Waals surface area contributed by atoms with Gasteiger partial charge in [-0.3, -0.25) is 9.53 Å². The number of rotatable bonds is 4. The second kappa shape index (κ2) is 6.06. The van der Waals surface area contributed by atoms with Crippen LogP contribution in [0.25, 0.3) is 0 Å². The fraction of sp³-hybridized carbons (Fsp3) is 0.636. The van der Waals surface area contributed by atoms with Crippen molar-refractivity contribution in [2.24, 2.45) is 0 Å². The van der Waals surface area contributed by atoms with Gasteiger partial charge in [0.05, 0.1) is 0 Å². The SMILES string of the molecule is CC(=O)n1nc(C(F)(OC(F)(F)C(F)(F)C(F)(F)F)C(F)(F)F)cc1C. The first kappa shape index (κ1) is 22.1. The van der Waals surface area contributed by atoms with E-state index in [0.717, 1.165) is 6.92 Å². The van der Waals surface area contributed by atoms with Crippen molar-refractivity contribution >= 4 is 5.91 Å². The second-order valence-corrected chi connectivity index (χ2v) is 4.89. The Bertz CT molecular complexity index is 691. The molecule has 0 N–H and O–H groups in total. The van der Waals surface area contributed by atoms with Gasteiger partial charge in [0.15, 0.2) is 0 Å². The lowest BCUT2D eigenvalue weighted by molar-refractivity contribution is -0.488. The van der Waals surface area contributed by atoms with E-state index < -0.39 is 47.5 Å². The Kier molecular flexibility index (Phi) is 5.15. The summed E-state index contributed by atoms with van der Waals surface area (Å²) < 4.78 is 143. The molecule has 0 aliphatic heterocycles. The first-order valence-corrected chi connectivity index (χ1v) is 6.14. The summed E-state index contributed by atoms with van der Waals surface area (Å²) >= 11 is 0. The molecule has 0 radical (unpaired) electrons. The van der Waals surface area contributed by atoms with Gasteiger partial charge in [-0.25, -0.2) is 4.68 Å². The molecule has 0 fully saturated rings. The van der Waals surface area contributed by atoms with Gasteiger partial charge in [-0.2, -0.15) is 53.4 Å². The van der Waals surface area contributed by atoms with E-state index in [0.29, 0.717) is 6.92 Å². The summed E-state index contributed by atoms with van der Waals surface area (Å²) in [6, 6.07) is 0.0245. The summed E-state index contributed by atoms with van der Waals surface area (Å²) in [5.41, 5.74) is -2.73. The van der Waals surface area contributed by atoms with Crippen molar-refractivity contribution in [3.05, 3.63) is 17.5 Å². The smallest absolute Gasteiger partial charge is 0.273 e. The van der Waals surface area contributed by atoms with Crippen LogP contribution in [0.5, 0.6) is 0 Å². The number of hydrogen-bond acceptors (Lipinski definition) is 3. The number of ether oxygens (including phenoxy) is 1. The zero-order valence-corrected chi connectivity index (χ0v) is 12.4. The highest BCUT2D eigenvalue weighted by Gasteiger charge is 2.78. The van der Waals surface area contributed by atoms with Crippen molar-refractivity contribution in [3.63, 3.8) is 0 Å². The average Bonchev–Trinajstić information content (AvgIpc) is 2.78. The molecule has 0 aliphatic rings. The summed E-state index contributed by atoms with van der Waals surface area (Å²) in [7, 11) is 0. The van der Waals surface area contributed by atoms with Gasteiger partial charge in [-0.15, -0.1) is 0 Å². The predicted octanol–water partition coefficient (Wildman–Crippen LogP) is 4.34. The Balaban J connectivity index is 3.53. The molecule has 26 heavy (non-hydrogen) atoms. The number of alkyl halides is 11. The minimum atomic E-state index is -7.17. The molecule has 0 saturated carbocycles. The average molecular weight is 408 g/mol. The molecule has 1 atom stereocenters. The van der Waals surface area contributed by atoms with Crippen molar-refractivity contribution < 1.29 is 57.8 Å². The van der Waals surface area contributed by atoms with Gasteiger partial charge in [0.1, 0.15) is 5.69 Å². The zero-order valence-electron chi connectivity index (χ0n) is 12.4. The first-order chi connectivity index (χ1) is 11.3. The fourth-order valence-electron chi connectivity index (χ4n) is 1.61. The number of carbonyl (C=O) groups is 1. The molecule has 1 rings (SSSR count). The Morgan fingerprint density at radius 2 is 1.42 bits per heavy atom. The van der Waals surface area contributed by atoms with Crippen molar-refractivity contribution in [3.8, 4) is 0 Å². The highest BCUT2D eigenvalue weighted by molar-refractivity contribution is 5.75. The van der Waals surface area contributed by atoms with Crippen LogP contribution in [0.2, 0.25) is 0 Å². The van der Waals surface area contributed by atoms with E-state index in [4.69, 9.17) is 0 Å². The molecule has 1 aromatic heterocycles. The van der Waals surface area contributed by atoms with E-state index in [1.165, 1.54) is 0 Å². The van der Waals surface area contributed by atoms with Gasteiger partial charge >= 0.3 is 30.2 Å². The van der Waals surface area contributed by atoms with Crippen LogP contribution in [0.15, 0.2) is 6.07 Å². The van der Waals surface area contributed by atoms with E-state index in [2.05, 4.69) is 9.84 Å². The van der Waals surface area contributed by atoms with E-state index in [-0.39, 0.29) is 10.7 Å². The second-order valence-electron chi connectivity index (χ2n) is 4.89. The Morgan fingerprint density at radius 1 is 0.962 bits per heavy atom. The zero-order chi connectivity index (χ0) is 20.9. The Morgan fingerprint density at radius 3 is 1.73 bits per heavy atom. The quantitative estimate of drug-likeness (QED) is 0.697. The lowest BCUT2D eigenvalue weighted by Gasteiger charge is -2.34. The van der Waals surface area contributed by atoms with Crippen LogP contribution in [0, 0.1) is 6.92 Å². The number of hydrogen-bond donors (Lipinski definition) is 0. The molecule has 150 valence electrons. The molecule has 1 aromatic rings. The minimum absolute atomic E-state index is 0.0245. The third-order valence-electron chi connectivity index (χ3n) is 2.87. The molecule has 0 bridgehead atoms. The molecule has 0 amide bonds. The molecular weight excluding hydrogens is 401 g/mol. The third kappa shape index (κ3) is 3.48. The first-order valence-electron chi connectivity index (χ1n) is 6.14. The van der Waals surface area contributed by atoms with Crippen LogP contribution in [-0.4, -0.2) is 40.1 Å². The third-order valence-corrected chi connectivity index (χ3v) is 2.87. The highest BCUT2D eigenvalue weighted by atomic mass is 19.4. The molecule has 15 heteroatoms. The monoisotopic (exact) mass is 408 g/mol. The summed E-state index contributed by atoms with van der Waals surface area (Å²) in [6.07, 6.45) is -20.6. The van der Waals surface area contributed by atoms with Crippen molar-refractivity contribution in [1.29, 1.82) is 0 Å². The molecule has 0 spiro atoms. The van der Waals surface area contributed by atoms with Crippen LogP contribution in [0.1, 0.15) is 23.1 Å². The maximum Gasteiger partial charge on any atom is 0.462 e. The topological polar surface area (TPSA) is 44.1 Å². The van der Waals surface area contributed by atoms with Crippen molar-refractivity contribution in [2.75, 3.05) is 0 Å². The molecule has 1 unspecified atom stereocenters. The van der Waals surface area contributed by atoms with Gasteiger partial charge < -0.3 is 0 Å². The van der Waals surface area contributed by atoms with Crippen LogP contribution in [-0.2, 0) is 10.6 Å². The van der Waals surface area contributed by atoms with E-state index in [9.17, 15) is 53.1 Å². The van der Waals surface area contributed by atoms with Crippen LogP contribution in [0.4, 0.5) is 48.3 Å². The van der Waals surface area contributed by atoms with E-state index in [1.807, 2.05) is 0 Å². The maximum absolute atomic E-state index is 14.2. The van der Waals surface area contributed by atoms with Gasteiger partial charge in [0.25, 0.3) is 0 Å². The summed E-state index contributed by atoms with van der Waals surface area (Å²) in [5.74, 6) is -14.2. The van der Waals surface area contributed by atoms with Crippen LogP contribution in [0.3, 0.4) is 0 Å². The van der Waals surface area contributed by atoms with Gasteiger partial charge in [0.2, 0.25) is 5.91 Å². The van der Waals surface area contributed by atoms with E-state index in [1.54, 1.807) is 0 Å². The summed E-state index contributed by atoms with van der Waals surface area (Å²) in [6.45, 7) is 1.57. The Hall–Kier alpha value is -1.93. The van der Waals surface area contributed by atoms with Gasteiger partial charge in [-0.05, 0) is 13.0 Å². The summed E-state index contributed by atoms with van der Waals surface area (Å²) in [4.78, 5) is 11.1. The molecular formula is C11H7F11N2O2. The lowest BCUT2D eigenvalue weighted by Crippen LogP contribution is -2.58. The van der Waals surface area contributed by atoms with Crippen molar-refractivity contribution in [2.45, 2.75) is 44.1 Å². The standard InChI is InChI=1S/C11H7F11N2O2/c1-4-3-6(23-24(4)5(2)25)7(12,9(15,16)17)26-11(21,22)8(13,14)10(18,19)20/h3H,1-2H3. The molecule has 0 aliphatic carbocycles. The number of nitrogens with zero attached hydrogens (tertiary/aromatic N) is 2. The predicted molar refractivity (Wildman–Crippen MR) is 59.1 cm³/mol. The lowest BCUT2D eigenvalue weighted by atomic mass is 10.2. The Labute approximate surface area is 136 Å². The molecule has 1 heterocycles. The largest absolute Gasteiger partial charge is 0.462 e. The number of carbonyl (C=O) groups excluding carboxylic acids is 1. The van der Waals surface area contributed by atoms with Gasteiger partial charge in [-0.1, -0.05) is 0 Å². The molecule has 0 aromatic carbocycles. The number of aryl methyl sites for hydroxylation is 1. The molecule has 0 saturated heterocycles. The van der Waals surface area contributed by atoms with Crippen molar-refractivity contribution in [1.82, 2.24) is 9.78 Å². The fourth-order valence-corrected chi connectivity index (χ4v) is 1.61. The maximum atomic E-state index is 14.2. The van der Waals surface area contributed by atoms with Gasteiger partial charge in [0, 0.05) is 12.6 Å².